The number of rotatable bonds is 7. The van der Waals surface area contributed by atoms with E-state index >= 15 is 8.78 Å². The summed E-state index contributed by atoms with van der Waals surface area (Å²) < 4.78 is 30.5. The Bertz CT molecular complexity index is 2340. The number of pyridine rings is 1. The van der Waals surface area contributed by atoms with E-state index in [1.807, 2.05) is 14.7 Å². The van der Waals surface area contributed by atoms with Gasteiger partial charge in [-0.25, -0.2) is 14.4 Å². The Morgan fingerprint density at radius 1 is 0.855 bits per heavy atom. The van der Waals surface area contributed by atoms with Gasteiger partial charge in [-0.1, -0.05) is 6.07 Å². The number of amides is 5. The van der Waals surface area contributed by atoms with Crippen molar-refractivity contribution in [2.75, 3.05) is 49.1 Å². The highest BCUT2D eigenvalue weighted by atomic mass is 19.1. The number of piperidine rings is 2. The zero-order chi connectivity index (χ0) is 38.5. The van der Waals surface area contributed by atoms with E-state index in [4.69, 9.17) is 0 Å². The number of imide groups is 2. The number of H-pyrrole nitrogens is 1. The fraction of sp³-hybridized carbons (Fsp3) is 0.368. The highest BCUT2D eigenvalue weighted by molar-refractivity contribution is 6.23. The summed E-state index contributed by atoms with van der Waals surface area (Å²) in [6.07, 6.45) is 1.26. The molecule has 3 saturated heterocycles. The first-order valence-corrected chi connectivity index (χ1v) is 18.2. The van der Waals surface area contributed by atoms with Gasteiger partial charge in [0.1, 0.15) is 22.9 Å². The van der Waals surface area contributed by atoms with Crippen molar-refractivity contribution in [3.05, 3.63) is 92.7 Å². The number of nitrogens with one attached hydrogen (secondary N) is 3. The Morgan fingerprint density at radius 2 is 1.60 bits per heavy atom. The van der Waals surface area contributed by atoms with Gasteiger partial charge in [-0.3, -0.25) is 43.9 Å². The molecule has 0 bridgehead atoms. The number of halogens is 2. The van der Waals surface area contributed by atoms with Crippen LogP contribution < -0.4 is 26.0 Å². The van der Waals surface area contributed by atoms with E-state index < -0.39 is 52.9 Å². The first-order valence-electron chi connectivity index (χ1n) is 18.2. The number of piperazine rings is 1. The normalized spacial score (nSPS) is 19.6. The number of aryl methyl sites for hydroxylation is 1. The summed E-state index contributed by atoms with van der Waals surface area (Å²) in [5.41, 5.74) is 2.07. The molecule has 2 aromatic heterocycles. The standard InChI is InChI=1S/C38H37F2N9O6/c1-20-34(51)45-32-26(41-20)5-2-21(31(32)39)19-46-14-16-48(17-15-46)28-7-6-27(43-33(28)40)35(52)42-22-10-12-47(13-11-22)23-3-4-24-25(18-23)38(55)49(37(24)54)29-8-9-30(50)44-36(29)53/h2-7,18,22,29H,8-17,19H2,1H3,(H,42,52)(H,45,51)(H,44,50,53). The molecular formula is C38H37F2N9O6. The van der Waals surface area contributed by atoms with Crippen LogP contribution in [0.4, 0.5) is 20.2 Å². The second-order valence-corrected chi connectivity index (χ2v) is 14.3. The van der Waals surface area contributed by atoms with Crippen molar-refractivity contribution in [2.24, 2.45) is 0 Å². The maximum Gasteiger partial charge on any atom is 0.270 e. The Kier molecular flexibility index (Phi) is 9.32. The molecule has 3 N–H and O–H groups in total. The molecule has 8 rings (SSSR count). The third-order valence-electron chi connectivity index (χ3n) is 10.8. The molecule has 3 fully saturated rings. The third-order valence-corrected chi connectivity index (χ3v) is 10.8. The topological polar surface area (TPSA) is 181 Å². The number of nitrogens with zero attached hydrogens (tertiary/aromatic N) is 6. The van der Waals surface area contributed by atoms with Crippen LogP contribution in [-0.4, -0.2) is 106 Å². The Hall–Kier alpha value is -6.10. The predicted octanol–water partition coefficient (Wildman–Crippen LogP) is 2.03. The van der Waals surface area contributed by atoms with Crippen molar-refractivity contribution in [1.29, 1.82) is 0 Å². The second kappa shape index (κ2) is 14.3. The zero-order valence-electron chi connectivity index (χ0n) is 29.9. The summed E-state index contributed by atoms with van der Waals surface area (Å²) in [4.78, 5) is 93.0. The minimum Gasteiger partial charge on any atom is -0.371 e. The second-order valence-electron chi connectivity index (χ2n) is 14.3. The number of anilines is 2. The zero-order valence-corrected chi connectivity index (χ0v) is 29.9. The number of hydrogen-bond acceptors (Lipinski definition) is 11. The number of fused-ring (bicyclic) bond motifs is 2. The smallest absolute Gasteiger partial charge is 0.270 e. The summed E-state index contributed by atoms with van der Waals surface area (Å²) in [7, 11) is 0. The van der Waals surface area contributed by atoms with Gasteiger partial charge < -0.3 is 20.1 Å². The molecule has 0 spiro atoms. The molecule has 0 saturated carbocycles. The van der Waals surface area contributed by atoms with Crippen LogP contribution in [0.3, 0.4) is 0 Å². The van der Waals surface area contributed by atoms with E-state index in [2.05, 4.69) is 25.6 Å². The molecule has 4 aromatic rings. The lowest BCUT2D eigenvalue weighted by Gasteiger charge is -2.36. The Labute approximate surface area is 312 Å². The number of benzene rings is 2. The number of hydrogen-bond donors (Lipinski definition) is 3. The lowest BCUT2D eigenvalue weighted by molar-refractivity contribution is -0.136. The average Bonchev–Trinajstić information content (AvgIpc) is 3.42. The SMILES string of the molecule is Cc1nc2ccc(CN3CCN(c4ccc(C(=O)NC5CCN(c6ccc7c(c6)C(=O)N(C6CCC(=O)NC6=O)C7=O)CC5)nc4F)CC3)c(F)c2[nH]c1=O. The maximum atomic E-state index is 15.3. The minimum absolute atomic E-state index is 0.0409. The van der Waals surface area contributed by atoms with Crippen molar-refractivity contribution in [1.82, 2.24) is 35.4 Å². The molecule has 2 aromatic carbocycles. The number of aromatic amines is 1. The average molecular weight is 754 g/mol. The Balaban J connectivity index is 0.833. The van der Waals surface area contributed by atoms with Crippen LogP contribution in [0.1, 0.15) is 68.1 Å². The highest BCUT2D eigenvalue weighted by Crippen LogP contribution is 2.32. The highest BCUT2D eigenvalue weighted by Gasteiger charge is 2.45. The van der Waals surface area contributed by atoms with E-state index in [1.165, 1.54) is 6.07 Å². The fourth-order valence-corrected chi connectivity index (χ4v) is 7.75. The lowest BCUT2D eigenvalue weighted by atomic mass is 10.0. The molecule has 15 nitrogen and oxygen atoms in total. The molecule has 4 aliphatic rings. The largest absolute Gasteiger partial charge is 0.371 e. The third kappa shape index (κ3) is 6.79. The summed E-state index contributed by atoms with van der Waals surface area (Å²) in [5, 5.41) is 5.14. The van der Waals surface area contributed by atoms with E-state index in [-0.39, 0.29) is 52.6 Å². The van der Waals surface area contributed by atoms with E-state index in [0.29, 0.717) is 69.7 Å². The molecular weight excluding hydrogens is 716 g/mol. The van der Waals surface area contributed by atoms with Crippen LogP contribution in [0.2, 0.25) is 0 Å². The molecule has 5 amide bonds. The van der Waals surface area contributed by atoms with Crippen LogP contribution in [-0.2, 0) is 16.1 Å². The Morgan fingerprint density at radius 3 is 2.33 bits per heavy atom. The lowest BCUT2D eigenvalue weighted by Crippen LogP contribution is -2.54. The first-order chi connectivity index (χ1) is 26.4. The van der Waals surface area contributed by atoms with Crippen molar-refractivity contribution in [3.8, 4) is 0 Å². The molecule has 0 radical (unpaired) electrons. The first kappa shape index (κ1) is 35.9. The molecule has 55 heavy (non-hydrogen) atoms. The van der Waals surface area contributed by atoms with Crippen LogP contribution >= 0.6 is 0 Å². The van der Waals surface area contributed by atoms with Crippen molar-refractivity contribution in [3.63, 3.8) is 0 Å². The van der Waals surface area contributed by atoms with Gasteiger partial charge in [0.2, 0.25) is 17.8 Å². The summed E-state index contributed by atoms with van der Waals surface area (Å²) >= 11 is 0. The van der Waals surface area contributed by atoms with Gasteiger partial charge in [0.05, 0.1) is 22.3 Å². The van der Waals surface area contributed by atoms with Gasteiger partial charge in [0.15, 0.2) is 5.82 Å². The minimum atomic E-state index is -1.04. The van der Waals surface area contributed by atoms with Crippen LogP contribution in [0.15, 0.2) is 47.3 Å². The van der Waals surface area contributed by atoms with Gasteiger partial charge in [0, 0.05) is 69.5 Å². The summed E-state index contributed by atoms with van der Waals surface area (Å²) in [6, 6.07) is 10.1. The summed E-state index contributed by atoms with van der Waals surface area (Å²) in [6.45, 7) is 4.94. The monoisotopic (exact) mass is 753 g/mol. The fourth-order valence-electron chi connectivity index (χ4n) is 7.75. The summed E-state index contributed by atoms with van der Waals surface area (Å²) in [5.74, 6) is -4.01. The molecule has 1 atom stereocenters. The van der Waals surface area contributed by atoms with Gasteiger partial charge >= 0.3 is 0 Å². The van der Waals surface area contributed by atoms with E-state index in [9.17, 15) is 28.8 Å². The van der Waals surface area contributed by atoms with Crippen molar-refractivity contribution in [2.45, 2.75) is 51.2 Å². The molecule has 284 valence electrons. The number of carbonyl (C=O) groups excluding carboxylic acids is 5. The van der Waals surface area contributed by atoms with Crippen LogP contribution in [0, 0.1) is 18.7 Å². The van der Waals surface area contributed by atoms with Crippen LogP contribution in [0.5, 0.6) is 0 Å². The van der Waals surface area contributed by atoms with E-state index in [0.717, 1.165) is 10.6 Å². The molecule has 1 unspecified atom stereocenters. The molecule has 0 aliphatic carbocycles. The maximum absolute atomic E-state index is 15.3. The molecule has 17 heteroatoms. The van der Waals surface area contributed by atoms with Gasteiger partial charge in [-0.05, 0) is 62.6 Å². The van der Waals surface area contributed by atoms with Gasteiger partial charge in [-0.15, -0.1) is 0 Å². The van der Waals surface area contributed by atoms with Crippen molar-refractivity contribution >= 4 is 51.9 Å². The van der Waals surface area contributed by atoms with Crippen molar-refractivity contribution < 1.29 is 32.8 Å². The van der Waals surface area contributed by atoms with Crippen LogP contribution in [0.25, 0.3) is 11.0 Å². The van der Waals surface area contributed by atoms with E-state index in [1.54, 1.807) is 43.3 Å². The van der Waals surface area contributed by atoms with Gasteiger partial charge in [0.25, 0.3) is 23.3 Å². The quantitative estimate of drug-likeness (QED) is 0.186. The number of carbonyl (C=O) groups is 5. The predicted molar refractivity (Wildman–Crippen MR) is 195 cm³/mol. The molecule has 6 heterocycles. The number of aromatic nitrogens is 3. The van der Waals surface area contributed by atoms with Gasteiger partial charge in [-0.2, -0.15) is 4.39 Å². The molecule has 4 aliphatic heterocycles.